The normalized spacial score (nSPS) is 22.1. The number of likely N-dealkylation sites (N-methyl/N-ethyl adjacent to an activating group) is 2. The molecule has 156 valence electrons. The van der Waals surface area contributed by atoms with Crippen LogP contribution in [0.1, 0.15) is 34.6 Å². The highest BCUT2D eigenvalue weighted by Crippen LogP contribution is 2.28. The van der Waals surface area contributed by atoms with E-state index in [4.69, 9.17) is 5.73 Å². The van der Waals surface area contributed by atoms with Gasteiger partial charge in [-0.15, -0.1) is 0 Å². The molecule has 0 spiro atoms. The minimum absolute atomic E-state index is 0.0656. The molecule has 1 aromatic rings. The van der Waals surface area contributed by atoms with Gasteiger partial charge >= 0.3 is 0 Å². The maximum atomic E-state index is 13.3. The van der Waals surface area contributed by atoms with Crippen LogP contribution in [-0.2, 0) is 12.8 Å². The van der Waals surface area contributed by atoms with Gasteiger partial charge in [-0.05, 0) is 52.7 Å². The Balaban J connectivity index is 1.71. The number of hydrogen-bond acceptors (Lipinski definition) is 7. The number of anilines is 1. The second kappa shape index (κ2) is 9.15. The first-order valence-corrected chi connectivity index (χ1v) is 10.3. The molecule has 1 aliphatic heterocycles. The first-order valence-electron chi connectivity index (χ1n) is 10.3. The van der Waals surface area contributed by atoms with Gasteiger partial charge in [-0.25, -0.2) is 9.97 Å². The van der Waals surface area contributed by atoms with Crippen LogP contribution in [0.25, 0.3) is 0 Å². The topological polar surface area (TPSA) is 98.8 Å². The Morgan fingerprint density at radius 1 is 1.14 bits per heavy atom. The molecule has 28 heavy (non-hydrogen) atoms. The maximum Gasteiger partial charge on any atom is 0.272 e. The number of carbonyl (C=O) groups is 1. The third-order valence-electron chi connectivity index (χ3n) is 5.98. The molecule has 2 aliphatic rings. The molecule has 2 heterocycles. The van der Waals surface area contributed by atoms with Crippen molar-refractivity contribution in [2.75, 3.05) is 66.2 Å². The van der Waals surface area contributed by atoms with Crippen LogP contribution in [0.3, 0.4) is 0 Å². The monoisotopic (exact) mass is 390 g/mol. The number of nitrogens with two attached hydrogens (primary N) is 1. The van der Waals surface area contributed by atoms with Crippen LogP contribution >= 0.6 is 0 Å². The summed E-state index contributed by atoms with van der Waals surface area (Å²) < 4.78 is 0. The molecular formula is C20H34N6O2. The zero-order valence-electron chi connectivity index (χ0n) is 17.4. The molecule has 8 nitrogen and oxygen atoms in total. The maximum absolute atomic E-state index is 13.3. The molecule has 3 N–H and O–H groups in total. The summed E-state index contributed by atoms with van der Waals surface area (Å²) in [6.45, 7) is 4.13. The fourth-order valence-electron chi connectivity index (χ4n) is 4.32. The van der Waals surface area contributed by atoms with Gasteiger partial charge in [0.25, 0.3) is 5.91 Å². The van der Waals surface area contributed by atoms with Crippen molar-refractivity contribution in [2.24, 2.45) is 11.8 Å². The molecule has 0 unspecified atom stereocenters. The molecule has 1 fully saturated rings. The van der Waals surface area contributed by atoms with Crippen molar-refractivity contribution < 1.29 is 9.90 Å². The van der Waals surface area contributed by atoms with Crippen LogP contribution in [-0.4, -0.2) is 96.2 Å². The third-order valence-corrected chi connectivity index (χ3v) is 5.98. The lowest BCUT2D eigenvalue weighted by Gasteiger charge is -2.25. The first-order chi connectivity index (χ1) is 13.4. The van der Waals surface area contributed by atoms with E-state index in [0.29, 0.717) is 18.8 Å². The highest BCUT2D eigenvalue weighted by atomic mass is 16.3. The van der Waals surface area contributed by atoms with Crippen LogP contribution < -0.4 is 5.73 Å². The molecule has 0 radical (unpaired) electrons. The number of nitrogens with zero attached hydrogens (tertiary/aromatic N) is 5. The predicted octanol–water partition coefficient (Wildman–Crippen LogP) is 0.112. The smallest absolute Gasteiger partial charge is 0.272 e. The summed E-state index contributed by atoms with van der Waals surface area (Å²) in [4.78, 5) is 28.2. The largest absolute Gasteiger partial charge is 0.396 e. The lowest BCUT2D eigenvalue weighted by molar-refractivity contribution is 0.0771. The Bertz CT molecular complexity index is 696. The van der Waals surface area contributed by atoms with E-state index >= 15 is 0 Å². The molecule has 3 rings (SSSR count). The van der Waals surface area contributed by atoms with Crippen molar-refractivity contribution >= 4 is 11.9 Å². The molecule has 0 aromatic carbocycles. The van der Waals surface area contributed by atoms with Gasteiger partial charge in [0.2, 0.25) is 5.95 Å². The number of amides is 1. The highest BCUT2D eigenvalue weighted by molar-refractivity contribution is 5.94. The summed E-state index contributed by atoms with van der Waals surface area (Å²) in [6.07, 6.45) is 3.83. The number of carbonyl (C=O) groups excluding carboxylic acids is 1. The zero-order valence-corrected chi connectivity index (χ0v) is 17.4. The van der Waals surface area contributed by atoms with E-state index in [1.807, 2.05) is 4.90 Å². The van der Waals surface area contributed by atoms with Crippen molar-refractivity contribution in [3.8, 4) is 0 Å². The number of nitrogen functional groups attached to an aromatic ring is 1. The van der Waals surface area contributed by atoms with Crippen molar-refractivity contribution in [2.45, 2.75) is 25.7 Å². The summed E-state index contributed by atoms with van der Waals surface area (Å²) >= 11 is 0. The van der Waals surface area contributed by atoms with Gasteiger partial charge in [0.05, 0.1) is 0 Å². The number of aryl methyl sites for hydroxylation is 1. The fraction of sp³-hybridized carbons (Fsp3) is 0.750. The summed E-state index contributed by atoms with van der Waals surface area (Å²) in [5.74, 6) is 0.475. The van der Waals surface area contributed by atoms with Crippen LogP contribution in [0.15, 0.2) is 0 Å². The van der Waals surface area contributed by atoms with Crippen LogP contribution in [0.5, 0.6) is 0 Å². The molecule has 1 aliphatic carbocycles. The van der Waals surface area contributed by atoms with E-state index in [0.717, 1.165) is 56.6 Å². The number of aliphatic hydroxyl groups is 1. The molecule has 1 saturated heterocycles. The van der Waals surface area contributed by atoms with Gasteiger partial charge in [-0.2, -0.15) is 0 Å². The number of rotatable bonds is 7. The van der Waals surface area contributed by atoms with Crippen molar-refractivity contribution in [1.82, 2.24) is 24.7 Å². The minimum atomic E-state index is -0.0656. The predicted molar refractivity (Wildman–Crippen MR) is 109 cm³/mol. The van der Waals surface area contributed by atoms with Gasteiger partial charge in [0.15, 0.2) is 0 Å². The second-order valence-electron chi connectivity index (χ2n) is 8.54. The summed E-state index contributed by atoms with van der Waals surface area (Å²) in [7, 11) is 6.23. The van der Waals surface area contributed by atoms with E-state index in [1.54, 1.807) is 0 Å². The summed E-state index contributed by atoms with van der Waals surface area (Å²) in [5, 5.41) is 9.86. The summed E-state index contributed by atoms with van der Waals surface area (Å²) in [6, 6.07) is 0. The number of aliphatic hydroxyl groups excluding tert-OH is 1. The van der Waals surface area contributed by atoms with Gasteiger partial charge < -0.3 is 25.5 Å². The van der Waals surface area contributed by atoms with E-state index in [1.165, 1.54) is 0 Å². The Labute approximate surface area is 167 Å². The Hall–Kier alpha value is -1.77. The molecule has 8 heteroatoms. The molecular weight excluding hydrogens is 356 g/mol. The average molecular weight is 391 g/mol. The van der Waals surface area contributed by atoms with Crippen molar-refractivity contribution in [3.05, 3.63) is 17.0 Å². The minimum Gasteiger partial charge on any atom is -0.396 e. The van der Waals surface area contributed by atoms with E-state index in [9.17, 15) is 9.90 Å². The quantitative estimate of drug-likeness (QED) is 0.682. The lowest BCUT2D eigenvalue weighted by Crippen LogP contribution is -2.36. The summed E-state index contributed by atoms with van der Waals surface area (Å²) in [5.41, 5.74) is 8.25. The Kier molecular flexibility index (Phi) is 6.85. The number of aromatic nitrogens is 2. The Morgan fingerprint density at radius 2 is 1.86 bits per heavy atom. The van der Waals surface area contributed by atoms with Gasteiger partial charge in [0, 0.05) is 56.5 Å². The number of fused-ring (bicyclic) bond motifs is 1. The standard InChI is InChI=1S/C20H34N6O2/c1-24(2)8-9-25(3)10-14-11-26(12-15(14)13-27)19(28)18-16-6-4-5-7-17(16)22-20(21)23-18/h14-15,27H,4-13H2,1-3H3,(H2,21,22,23)/t14-,15-/m1/s1. The second-order valence-corrected chi connectivity index (χ2v) is 8.54. The zero-order chi connectivity index (χ0) is 20.3. The van der Waals surface area contributed by atoms with E-state index < -0.39 is 0 Å². The third kappa shape index (κ3) is 4.79. The van der Waals surface area contributed by atoms with Crippen molar-refractivity contribution in [3.63, 3.8) is 0 Å². The SMILES string of the molecule is CN(C)CCN(C)C[C@@H]1CN(C(=O)c2nc(N)nc3c2CCCC3)C[C@@H]1CO. The van der Waals surface area contributed by atoms with Crippen molar-refractivity contribution in [1.29, 1.82) is 0 Å². The molecule has 0 bridgehead atoms. The Morgan fingerprint density at radius 3 is 2.57 bits per heavy atom. The van der Waals surface area contributed by atoms with Crippen LogP contribution in [0.4, 0.5) is 5.95 Å². The molecule has 1 amide bonds. The van der Waals surface area contributed by atoms with Gasteiger partial charge in [-0.3, -0.25) is 4.79 Å². The number of hydrogen-bond donors (Lipinski definition) is 2. The van der Waals surface area contributed by atoms with Crippen LogP contribution in [0.2, 0.25) is 0 Å². The first kappa shape index (κ1) is 21.0. The molecule has 2 atom stereocenters. The van der Waals surface area contributed by atoms with Crippen LogP contribution in [0, 0.1) is 11.8 Å². The molecule has 1 aromatic heterocycles. The van der Waals surface area contributed by atoms with Gasteiger partial charge in [0.1, 0.15) is 5.69 Å². The van der Waals surface area contributed by atoms with E-state index in [-0.39, 0.29) is 30.3 Å². The highest BCUT2D eigenvalue weighted by Gasteiger charge is 2.37. The fourth-order valence-corrected chi connectivity index (χ4v) is 4.32. The lowest BCUT2D eigenvalue weighted by atomic mass is 9.94. The molecule has 0 saturated carbocycles. The number of likely N-dealkylation sites (tertiary alicyclic amines) is 1. The van der Waals surface area contributed by atoms with Gasteiger partial charge in [-0.1, -0.05) is 0 Å². The average Bonchev–Trinajstić information content (AvgIpc) is 3.07. The van der Waals surface area contributed by atoms with E-state index in [2.05, 4.69) is 40.9 Å².